The van der Waals surface area contributed by atoms with Gasteiger partial charge in [0.05, 0.1) is 4.90 Å². The normalized spacial score (nSPS) is 11.3. The van der Waals surface area contributed by atoms with Gasteiger partial charge >= 0.3 is 0 Å². The molecule has 0 aliphatic carbocycles. The van der Waals surface area contributed by atoms with E-state index >= 15 is 0 Å². The fraction of sp³-hybridized carbons (Fsp3) is 0.0417. The summed E-state index contributed by atoms with van der Waals surface area (Å²) in [5, 5.41) is 4.80. The van der Waals surface area contributed by atoms with Gasteiger partial charge in [-0.2, -0.15) is 0 Å². The number of hydrogen-bond donors (Lipinski definition) is 2. The molecule has 2 N–H and O–H groups in total. The number of carbonyl (C=O) groups excluding carboxylic acids is 1. The predicted molar refractivity (Wildman–Crippen MR) is 129 cm³/mol. The van der Waals surface area contributed by atoms with Gasteiger partial charge in [0, 0.05) is 27.8 Å². The van der Waals surface area contributed by atoms with Crippen molar-refractivity contribution in [2.24, 2.45) is 0 Å². The molecule has 162 valence electrons. The van der Waals surface area contributed by atoms with Gasteiger partial charge < -0.3 is 5.32 Å². The summed E-state index contributed by atoms with van der Waals surface area (Å²) in [6.45, 7) is 0.413. The van der Waals surface area contributed by atoms with Crippen LogP contribution >= 0.6 is 23.2 Å². The number of halogens is 2. The quantitative estimate of drug-likeness (QED) is 0.358. The van der Waals surface area contributed by atoms with Crippen LogP contribution in [0.3, 0.4) is 0 Å². The molecule has 8 heteroatoms. The van der Waals surface area contributed by atoms with E-state index in [1.165, 1.54) is 18.2 Å². The van der Waals surface area contributed by atoms with Crippen molar-refractivity contribution in [3.8, 4) is 0 Å². The van der Waals surface area contributed by atoms with Gasteiger partial charge in [0.2, 0.25) is 0 Å². The van der Waals surface area contributed by atoms with Crippen LogP contribution < -0.4 is 10.0 Å². The van der Waals surface area contributed by atoms with Gasteiger partial charge in [0.1, 0.15) is 0 Å². The number of fused-ring (bicyclic) bond motifs is 1. The largest absolute Gasteiger partial charge is 0.348 e. The molecule has 0 aliphatic heterocycles. The van der Waals surface area contributed by atoms with E-state index in [1.54, 1.807) is 30.3 Å². The van der Waals surface area contributed by atoms with E-state index in [2.05, 4.69) is 10.0 Å². The van der Waals surface area contributed by atoms with Crippen LogP contribution in [-0.4, -0.2) is 14.3 Å². The molecule has 0 bridgehead atoms. The van der Waals surface area contributed by atoms with E-state index in [0.29, 0.717) is 23.2 Å². The zero-order chi connectivity index (χ0) is 22.7. The molecule has 0 heterocycles. The molecule has 0 aliphatic rings. The summed E-state index contributed by atoms with van der Waals surface area (Å²) in [5.74, 6) is -0.207. The first-order valence-corrected chi connectivity index (χ1v) is 11.9. The van der Waals surface area contributed by atoms with Crippen molar-refractivity contribution in [3.63, 3.8) is 0 Å². The Bertz CT molecular complexity index is 1390. The number of amides is 1. The SMILES string of the molecule is O=C(NCc1ccccc1)c1cccc2cc(NS(=O)(=O)c3cc(Cl)cc(Cl)c3)ccc12. The topological polar surface area (TPSA) is 75.3 Å². The minimum Gasteiger partial charge on any atom is -0.348 e. The van der Waals surface area contributed by atoms with Crippen LogP contribution in [0.1, 0.15) is 15.9 Å². The van der Waals surface area contributed by atoms with Gasteiger partial charge in [-0.3, -0.25) is 9.52 Å². The summed E-state index contributed by atoms with van der Waals surface area (Å²) in [7, 11) is -3.89. The Morgan fingerprint density at radius 1 is 0.812 bits per heavy atom. The van der Waals surface area contributed by atoms with Crippen LogP contribution in [-0.2, 0) is 16.6 Å². The van der Waals surface area contributed by atoms with Crippen molar-refractivity contribution < 1.29 is 13.2 Å². The fourth-order valence-electron chi connectivity index (χ4n) is 3.32. The van der Waals surface area contributed by atoms with Crippen LogP contribution in [0.4, 0.5) is 5.69 Å². The van der Waals surface area contributed by atoms with Crippen LogP contribution in [0.25, 0.3) is 10.8 Å². The highest BCUT2D eigenvalue weighted by atomic mass is 35.5. The van der Waals surface area contributed by atoms with E-state index in [9.17, 15) is 13.2 Å². The summed E-state index contributed by atoms with van der Waals surface area (Å²) in [6, 6.07) is 24.1. The predicted octanol–water partition coefficient (Wildman–Crippen LogP) is 5.88. The molecule has 5 nitrogen and oxygen atoms in total. The molecule has 0 fully saturated rings. The van der Waals surface area contributed by atoms with Gasteiger partial charge in [-0.15, -0.1) is 0 Å². The maximum Gasteiger partial charge on any atom is 0.261 e. The van der Waals surface area contributed by atoms with E-state index in [4.69, 9.17) is 23.2 Å². The highest BCUT2D eigenvalue weighted by Gasteiger charge is 2.17. The van der Waals surface area contributed by atoms with E-state index in [1.807, 2.05) is 36.4 Å². The average molecular weight is 485 g/mol. The monoisotopic (exact) mass is 484 g/mol. The number of carbonyl (C=O) groups is 1. The Hall–Kier alpha value is -3.06. The second kappa shape index (κ2) is 9.20. The molecule has 4 aromatic rings. The molecule has 0 atom stereocenters. The molecular weight excluding hydrogens is 467 g/mol. The van der Waals surface area contributed by atoms with Crippen LogP contribution in [0.15, 0.2) is 89.8 Å². The lowest BCUT2D eigenvalue weighted by molar-refractivity contribution is 0.0952. The first-order chi connectivity index (χ1) is 15.3. The highest BCUT2D eigenvalue weighted by molar-refractivity contribution is 7.92. The van der Waals surface area contributed by atoms with Crippen molar-refractivity contribution in [2.45, 2.75) is 11.4 Å². The summed E-state index contributed by atoms with van der Waals surface area (Å²) >= 11 is 11.9. The van der Waals surface area contributed by atoms with Crippen molar-refractivity contribution in [3.05, 3.63) is 106 Å². The number of hydrogen-bond acceptors (Lipinski definition) is 3. The van der Waals surface area contributed by atoms with Crippen LogP contribution in [0.2, 0.25) is 10.0 Å². The van der Waals surface area contributed by atoms with Crippen LogP contribution in [0, 0.1) is 0 Å². The molecule has 0 saturated carbocycles. The molecule has 0 radical (unpaired) electrons. The van der Waals surface area contributed by atoms with Gasteiger partial charge in [-0.05, 0) is 52.7 Å². The summed E-state index contributed by atoms with van der Waals surface area (Å²) < 4.78 is 28.0. The summed E-state index contributed by atoms with van der Waals surface area (Å²) in [4.78, 5) is 12.7. The first-order valence-electron chi connectivity index (χ1n) is 9.66. The third-order valence-electron chi connectivity index (χ3n) is 4.82. The van der Waals surface area contributed by atoms with Crippen molar-refractivity contribution >= 4 is 55.6 Å². The van der Waals surface area contributed by atoms with E-state index in [0.717, 1.165) is 10.9 Å². The Labute approximate surface area is 196 Å². The standard InChI is InChI=1S/C24H18Cl2N2O3S/c25-18-12-19(26)14-21(13-18)32(30,31)28-20-9-10-22-17(11-20)7-4-8-23(22)24(29)27-15-16-5-2-1-3-6-16/h1-14,28H,15H2,(H,27,29). The lowest BCUT2D eigenvalue weighted by Crippen LogP contribution is -2.23. The van der Waals surface area contributed by atoms with Gasteiger partial charge in [-0.25, -0.2) is 8.42 Å². The van der Waals surface area contributed by atoms with E-state index in [-0.39, 0.29) is 20.8 Å². The smallest absolute Gasteiger partial charge is 0.261 e. The maximum atomic E-state index is 12.7. The molecule has 0 spiro atoms. The Balaban J connectivity index is 1.58. The van der Waals surface area contributed by atoms with Gasteiger partial charge in [-0.1, -0.05) is 71.7 Å². The lowest BCUT2D eigenvalue weighted by atomic mass is 10.0. The first kappa shape index (κ1) is 22.1. The van der Waals surface area contributed by atoms with Crippen molar-refractivity contribution in [2.75, 3.05) is 4.72 Å². The molecule has 0 saturated heterocycles. The molecule has 0 unspecified atom stereocenters. The molecule has 1 amide bonds. The number of nitrogens with one attached hydrogen (secondary N) is 2. The Kier molecular flexibility index (Phi) is 6.37. The number of benzene rings is 4. The summed E-state index contributed by atoms with van der Waals surface area (Å²) in [5.41, 5.74) is 1.86. The summed E-state index contributed by atoms with van der Waals surface area (Å²) in [6.07, 6.45) is 0. The minimum absolute atomic E-state index is 0.0378. The van der Waals surface area contributed by atoms with Crippen LogP contribution in [0.5, 0.6) is 0 Å². The lowest BCUT2D eigenvalue weighted by Gasteiger charge is -2.12. The zero-order valence-electron chi connectivity index (χ0n) is 16.7. The molecular formula is C24H18Cl2N2O3S. The highest BCUT2D eigenvalue weighted by Crippen LogP contribution is 2.27. The number of rotatable bonds is 6. The molecule has 32 heavy (non-hydrogen) atoms. The third-order valence-corrected chi connectivity index (χ3v) is 6.62. The van der Waals surface area contributed by atoms with E-state index < -0.39 is 10.0 Å². The van der Waals surface area contributed by atoms with Gasteiger partial charge in [0.25, 0.3) is 15.9 Å². The van der Waals surface area contributed by atoms with Crippen molar-refractivity contribution in [1.29, 1.82) is 0 Å². The molecule has 0 aromatic heterocycles. The second-order valence-electron chi connectivity index (χ2n) is 7.12. The Morgan fingerprint density at radius 3 is 2.25 bits per heavy atom. The minimum atomic E-state index is -3.89. The van der Waals surface area contributed by atoms with Crippen molar-refractivity contribution in [1.82, 2.24) is 5.32 Å². The second-order valence-corrected chi connectivity index (χ2v) is 9.68. The third kappa shape index (κ3) is 5.05. The number of anilines is 1. The number of sulfonamides is 1. The average Bonchev–Trinajstić information content (AvgIpc) is 2.76. The fourth-order valence-corrected chi connectivity index (χ4v) is 5.09. The Morgan fingerprint density at radius 2 is 1.53 bits per heavy atom. The maximum absolute atomic E-state index is 12.7. The zero-order valence-corrected chi connectivity index (χ0v) is 19.0. The molecule has 4 rings (SSSR count). The molecule has 4 aromatic carbocycles. The van der Waals surface area contributed by atoms with Gasteiger partial charge in [0.15, 0.2) is 0 Å².